The number of rotatable bonds is 74. The van der Waals surface area contributed by atoms with E-state index in [1.165, 1.54) is 38.5 Å². The topological polar surface area (TPSA) is 231 Å². The lowest BCUT2D eigenvalue weighted by Crippen LogP contribution is -2.30. The van der Waals surface area contributed by atoms with Gasteiger partial charge >= 0.3 is 33.6 Å². The fourth-order valence-corrected chi connectivity index (χ4v) is 11.7. The average Bonchev–Trinajstić information content (AvgIpc) is 0.919. The highest BCUT2D eigenvalue weighted by Crippen LogP contribution is 2.45. The minimum atomic E-state index is -4.95. The zero-order valence-corrected chi connectivity index (χ0v) is 66.9. The molecule has 0 bridgehead atoms. The number of aliphatic hydroxyl groups is 2. The first-order valence-electron chi connectivity index (χ1n) is 40.1. The monoisotopic (exact) mass is 1500 g/mol. The third kappa shape index (κ3) is 79.5. The Labute approximate surface area is 636 Å². The van der Waals surface area contributed by atoms with Gasteiger partial charge in [-0.25, -0.2) is 9.13 Å². The minimum absolute atomic E-state index is 0.0660. The van der Waals surface area contributed by atoms with E-state index in [9.17, 15) is 43.5 Å². The van der Waals surface area contributed by atoms with Crippen LogP contribution in [0.5, 0.6) is 0 Å². The van der Waals surface area contributed by atoms with Crippen LogP contribution in [0.15, 0.2) is 182 Å². The predicted octanol–water partition coefficient (Wildman–Crippen LogP) is 23.8. The van der Waals surface area contributed by atoms with E-state index in [2.05, 4.69) is 203 Å². The smallest absolute Gasteiger partial charge is 0.463 e. The number of carbonyl (C=O) groups excluding carboxylic acids is 3. The molecule has 0 aliphatic heterocycles. The molecule has 0 aromatic carbocycles. The molecule has 0 heterocycles. The number of carbonyl (C=O) groups is 3. The van der Waals surface area contributed by atoms with Crippen molar-refractivity contribution < 1.29 is 75.8 Å². The van der Waals surface area contributed by atoms with Gasteiger partial charge in [0, 0.05) is 19.3 Å². The second-order valence-corrected chi connectivity index (χ2v) is 29.0. The maximum Gasteiger partial charge on any atom is 0.472 e. The van der Waals surface area contributed by atoms with E-state index < -0.39 is 91.5 Å². The molecule has 16 nitrogen and oxygen atoms in total. The number of hydrogen-bond donors (Lipinski definition) is 4. The van der Waals surface area contributed by atoms with Crippen molar-refractivity contribution in [3.05, 3.63) is 182 Å². The summed E-state index contributed by atoms with van der Waals surface area (Å²) < 4.78 is 61.2. The zero-order chi connectivity index (χ0) is 76.6. The summed E-state index contributed by atoms with van der Waals surface area (Å²) in [5.41, 5.74) is 0. The van der Waals surface area contributed by atoms with Crippen LogP contribution in [0.4, 0.5) is 0 Å². The highest BCUT2D eigenvalue weighted by Gasteiger charge is 2.29. The summed E-state index contributed by atoms with van der Waals surface area (Å²) in [6.45, 7) is 2.28. The number of hydrogen-bond acceptors (Lipinski definition) is 14. The standard InChI is InChI=1S/C87H142O16P2/c1-4-7-10-13-16-19-22-25-28-31-33-35-37-39-40-42-44-45-47-50-52-55-58-61-64-67-70-73-85(90)97-76-82(88)77-99-104(93,94)100-78-83(89)79-101-105(95,96)102-81-84(103-87(92)75-72-69-66-63-60-57-54-49-30-27-24-21-18-15-12-9-6-3)80-98-86(91)74-71-68-65-62-59-56-53-51-48-46-43-41-38-36-34-32-29-26-23-20-17-14-11-8-5-2/h7-12,16-21,25-30,33-36,39-41,43,48,51,54,57,82-84,88-89H,4-6,13-15,22-24,31-32,37-38,42,44-47,49-50,52-53,55-56,58-81H2,1-3H3,(H,93,94)(H,95,96)/b10-7-,11-8-,12-9-,19-16-,20-17-,21-18-,28-25-,29-26-,30-27-,35-33-,36-34-,40-39-,43-41-,51-48-,57-54-. The molecule has 18 heteroatoms. The molecule has 0 aromatic rings. The average molecular weight is 1510 g/mol. The van der Waals surface area contributed by atoms with Crippen LogP contribution < -0.4 is 0 Å². The van der Waals surface area contributed by atoms with Crippen LogP contribution in [-0.4, -0.2) is 95.9 Å². The van der Waals surface area contributed by atoms with Gasteiger partial charge in [-0.15, -0.1) is 0 Å². The number of esters is 3. The van der Waals surface area contributed by atoms with Crippen LogP contribution in [0.2, 0.25) is 0 Å². The fraction of sp³-hybridized carbons (Fsp3) is 0.621. The molecule has 0 radical (unpaired) electrons. The van der Waals surface area contributed by atoms with Crippen molar-refractivity contribution in [2.45, 2.75) is 309 Å². The maximum absolute atomic E-state index is 13.0. The molecule has 5 unspecified atom stereocenters. The lowest BCUT2D eigenvalue weighted by molar-refractivity contribution is -0.161. The van der Waals surface area contributed by atoms with Crippen LogP contribution in [-0.2, 0) is 55.8 Å². The van der Waals surface area contributed by atoms with Crippen LogP contribution >= 0.6 is 15.6 Å². The molecule has 0 saturated heterocycles. The van der Waals surface area contributed by atoms with Gasteiger partial charge in [-0.2, -0.15) is 0 Å². The molecule has 0 fully saturated rings. The summed E-state index contributed by atoms with van der Waals surface area (Å²) in [5, 5.41) is 20.7. The Kier molecular flexibility index (Phi) is 74.3. The molecule has 5 atom stereocenters. The summed E-state index contributed by atoms with van der Waals surface area (Å²) in [4.78, 5) is 58.7. The molecule has 0 aliphatic rings. The Bertz CT molecular complexity index is 2640. The Hall–Kier alpha value is -5.35. The number of phosphoric ester groups is 2. The van der Waals surface area contributed by atoms with Gasteiger partial charge in [-0.1, -0.05) is 299 Å². The van der Waals surface area contributed by atoms with Gasteiger partial charge in [0.25, 0.3) is 0 Å². The van der Waals surface area contributed by atoms with Crippen molar-refractivity contribution in [3.8, 4) is 0 Å². The van der Waals surface area contributed by atoms with Crippen molar-refractivity contribution in [2.24, 2.45) is 0 Å². The van der Waals surface area contributed by atoms with E-state index in [0.29, 0.717) is 19.3 Å². The second-order valence-electron chi connectivity index (χ2n) is 26.1. The SMILES string of the molecule is CC/C=C\C/C=C\C/C=C\C/C=C\C/C=C\C/C=C\CCCCCCCCC(=O)OCC(COP(=O)(O)OCC(O)COP(=O)(O)OCC(O)COC(=O)CCCCCCCCCCCCC/C=C\C/C=C\C/C=C\C/C=C\C/C=C\CC)OC(=O)CCCCCC/C=C\C/C=C\C/C=C\C/C=C\CC. The molecule has 105 heavy (non-hydrogen) atoms. The molecule has 4 N–H and O–H groups in total. The molecule has 0 aromatic heterocycles. The Morgan fingerprint density at radius 2 is 0.476 bits per heavy atom. The van der Waals surface area contributed by atoms with Gasteiger partial charge in [0.05, 0.1) is 26.4 Å². The lowest BCUT2D eigenvalue weighted by atomic mass is 10.0. The fourth-order valence-electron chi connectivity index (χ4n) is 10.1. The van der Waals surface area contributed by atoms with Crippen LogP contribution in [0.25, 0.3) is 0 Å². The molecule has 0 saturated carbocycles. The molecule has 0 spiro atoms. The van der Waals surface area contributed by atoms with Crippen molar-refractivity contribution >= 4 is 33.6 Å². The summed E-state index contributed by atoms with van der Waals surface area (Å²) >= 11 is 0. The molecular formula is C87H142O16P2. The number of phosphoric acid groups is 2. The van der Waals surface area contributed by atoms with Gasteiger partial charge in [0.15, 0.2) is 6.10 Å². The number of allylic oxidation sites excluding steroid dienone is 30. The summed E-state index contributed by atoms with van der Waals surface area (Å²) in [5.74, 6) is -1.63. The first-order valence-corrected chi connectivity index (χ1v) is 43.1. The van der Waals surface area contributed by atoms with E-state index in [4.69, 9.17) is 32.3 Å². The normalized spacial score (nSPS) is 14.9. The Morgan fingerprint density at radius 1 is 0.267 bits per heavy atom. The van der Waals surface area contributed by atoms with Crippen LogP contribution in [0, 0.1) is 0 Å². The van der Waals surface area contributed by atoms with Crippen LogP contribution in [0.3, 0.4) is 0 Å². The first kappa shape index (κ1) is 99.7. The lowest BCUT2D eigenvalue weighted by Gasteiger charge is -2.21. The largest absolute Gasteiger partial charge is 0.472 e. The summed E-state index contributed by atoms with van der Waals surface area (Å²) in [6.07, 6.45) is 101. The Morgan fingerprint density at radius 3 is 0.752 bits per heavy atom. The van der Waals surface area contributed by atoms with Gasteiger partial charge in [-0.3, -0.25) is 32.5 Å². The van der Waals surface area contributed by atoms with E-state index in [1.54, 1.807) is 0 Å². The molecule has 0 rings (SSSR count). The predicted molar refractivity (Wildman–Crippen MR) is 435 cm³/mol. The van der Waals surface area contributed by atoms with E-state index >= 15 is 0 Å². The van der Waals surface area contributed by atoms with Crippen molar-refractivity contribution in [3.63, 3.8) is 0 Å². The van der Waals surface area contributed by atoms with Gasteiger partial charge in [-0.05, 0) is 154 Å². The van der Waals surface area contributed by atoms with Gasteiger partial charge in [0.1, 0.15) is 25.4 Å². The van der Waals surface area contributed by atoms with Crippen molar-refractivity contribution in [2.75, 3.05) is 39.6 Å². The number of aliphatic hydroxyl groups excluding tert-OH is 2. The number of ether oxygens (including phenoxy) is 3. The second kappa shape index (κ2) is 78.2. The molecular weight excluding hydrogens is 1360 g/mol. The first-order chi connectivity index (χ1) is 51.2. The van der Waals surface area contributed by atoms with E-state index in [-0.39, 0.29) is 19.3 Å². The third-order valence-corrected chi connectivity index (χ3v) is 18.0. The summed E-state index contributed by atoms with van der Waals surface area (Å²) in [6, 6.07) is 0. The van der Waals surface area contributed by atoms with E-state index in [0.717, 1.165) is 193 Å². The third-order valence-electron chi connectivity index (χ3n) is 16.1. The van der Waals surface area contributed by atoms with Crippen molar-refractivity contribution in [1.29, 1.82) is 0 Å². The highest BCUT2D eigenvalue weighted by atomic mass is 31.2. The van der Waals surface area contributed by atoms with Gasteiger partial charge < -0.3 is 34.2 Å². The zero-order valence-electron chi connectivity index (χ0n) is 65.1. The van der Waals surface area contributed by atoms with Crippen LogP contribution in [0.1, 0.15) is 290 Å². The number of unbranched alkanes of at least 4 members (excludes halogenated alkanes) is 21. The van der Waals surface area contributed by atoms with Gasteiger partial charge in [0.2, 0.25) is 0 Å². The maximum atomic E-state index is 13.0. The molecule has 0 amide bonds. The summed E-state index contributed by atoms with van der Waals surface area (Å²) in [7, 11) is -9.82. The highest BCUT2D eigenvalue weighted by molar-refractivity contribution is 7.47. The molecule has 596 valence electrons. The molecule has 0 aliphatic carbocycles. The Balaban J connectivity index is 4.66. The quantitative estimate of drug-likeness (QED) is 0.0146. The van der Waals surface area contributed by atoms with Crippen molar-refractivity contribution in [1.82, 2.24) is 0 Å². The minimum Gasteiger partial charge on any atom is -0.463 e. The van der Waals surface area contributed by atoms with E-state index in [1.807, 2.05) is 0 Å².